The Labute approximate surface area is 178 Å². The van der Waals surface area contributed by atoms with Crippen LogP contribution in [0.5, 0.6) is 5.75 Å². The van der Waals surface area contributed by atoms with Gasteiger partial charge in [-0.25, -0.2) is 9.97 Å². The maximum atomic E-state index is 13.0. The predicted octanol–water partition coefficient (Wildman–Crippen LogP) is 3.18. The van der Waals surface area contributed by atoms with Crippen LogP contribution in [0.1, 0.15) is 59.2 Å². The van der Waals surface area contributed by atoms with E-state index in [4.69, 9.17) is 4.74 Å². The molecule has 0 N–H and O–H groups in total. The Morgan fingerprint density at radius 1 is 1.20 bits per heavy atom. The molecule has 2 amide bonds. The molecule has 1 aliphatic heterocycles. The van der Waals surface area contributed by atoms with E-state index in [0.717, 1.165) is 30.6 Å². The minimum absolute atomic E-state index is 0.116. The van der Waals surface area contributed by atoms with Crippen LogP contribution in [0, 0.1) is 6.92 Å². The van der Waals surface area contributed by atoms with E-state index in [1.54, 1.807) is 27.4 Å². The molecule has 1 atom stereocenters. The summed E-state index contributed by atoms with van der Waals surface area (Å²) in [5.41, 5.74) is 2.25. The number of piperidine rings is 1. The van der Waals surface area contributed by atoms with Crippen LogP contribution >= 0.6 is 0 Å². The molecular weight excluding hydrogens is 380 g/mol. The second kappa shape index (κ2) is 9.69. The zero-order valence-electron chi connectivity index (χ0n) is 18.2. The summed E-state index contributed by atoms with van der Waals surface area (Å²) in [5, 5.41) is 0. The third-order valence-corrected chi connectivity index (χ3v) is 5.54. The first-order valence-electron chi connectivity index (χ1n) is 10.4. The average Bonchev–Trinajstić information content (AvgIpc) is 2.77. The number of ether oxygens (including phenoxy) is 1. The molecule has 7 heteroatoms. The summed E-state index contributed by atoms with van der Waals surface area (Å²) in [6.07, 6.45) is 5.58. The zero-order valence-corrected chi connectivity index (χ0v) is 18.2. The number of hydrogen-bond acceptors (Lipinski definition) is 5. The maximum Gasteiger partial charge on any atom is 0.256 e. The summed E-state index contributed by atoms with van der Waals surface area (Å²) < 4.78 is 5.19. The average molecular weight is 411 g/mol. The van der Waals surface area contributed by atoms with Crippen LogP contribution < -0.4 is 4.74 Å². The van der Waals surface area contributed by atoms with Crippen molar-refractivity contribution in [1.82, 2.24) is 19.8 Å². The SMILES string of the molecule is COc1ccc(CCC(=O)N2CCCC[C@H]2c2ncc(C(=O)N(C)C)c(C)n2)cc1. The molecule has 2 aromatic rings. The number of rotatable bonds is 6. The van der Waals surface area contributed by atoms with E-state index in [1.165, 1.54) is 4.90 Å². The van der Waals surface area contributed by atoms with Gasteiger partial charge in [0, 0.05) is 33.3 Å². The molecule has 1 aliphatic rings. The van der Waals surface area contributed by atoms with E-state index in [1.807, 2.05) is 36.1 Å². The number of likely N-dealkylation sites (tertiary alicyclic amines) is 1. The van der Waals surface area contributed by atoms with E-state index in [9.17, 15) is 9.59 Å². The van der Waals surface area contributed by atoms with Crippen LogP contribution in [-0.2, 0) is 11.2 Å². The molecule has 0 spiro atoms. The van der Waals surface area contributed by atoms with E-state index in [2.05, 4.69) is 9.97 Å². The van der Waals surface area contributed by atoms with Crippen molar-refractivity contribution in [2.45, 2.75) is 45.1 Å². The van der Waals surface area contributed by atoms with Crippen LogP contribution in [0.4, 0.5) is 0 Å². The molecule has 1 aromatic heterocycles. The summed E-state index contributed by atoms with van der Waals surface area (Å²) in [6, 6.07) is 7.68. The number of amides is 2. The Hall–Kier alpha value is -2.96. The number of nitrogens with zero attached hydrogens (tertiary/aromatic N) is 4. The molecule has 160 valence electrons. The Bertz CT molecular complexity index is 896. The highest BCUT2D eigenvalue weighted by atomic mass is 16.5. The van der Waals surface area contributed by atoms with E-state index >= 15 is 0 Å². The van der Waals surface area contributed by atoms with E-state index in [-0.39, 0.29) is 17.9 Å². The number of carbonyl (C=O) groups is 2. The van der Waals surface area contributed by atoms with Gasteiger partial charge in [0.15, 0.2) is 5.82 Å². The highest BCUT2D eigenvalue weighted by Crippen LogP contribution is 2.30. The lowest BCUT2D eigenvalue weighted by Crippen LogP contribution is -2.39. The lowest BCUT2D eigenvalue weighted by molar-refractivity contribution is -0.135. The van der Waals surface area contributed by atoms with Crippen molar-refractivity contribution in [2.24, 2.45) is 0 Å². The molecular formula is C23H30N4O3. The second-order valence-corrected chi connectivity index (χ2v) is 7.87. The van der Waals surface area contributed by atoms with Gasteiger partial charge in [-0.1, -0.05) is 12.1 Å². The van der Waals surface area contributed by atoms with Gasteiger partial charge in [0.2, 0.25) is 5.91 Å². The molecule has 1 fully saturated rings. The number of aromatic nitrogens is 2. The first kappa shape index (κ1) is 21.7. The molecule has 0 unspecified atom stereocenters. The topological polar surface area (TPSA) is 75.6 Å². The molecule has 3 rings (SSSR count). The predicted molar refractivity (Wildman–Crippen MR) is 114 cm³/mol. The number of carbonyl (C=O) groups excluding carboxylic acids is 2. The van der Waals surface area contributed by atoms with Gasteiger partial charge in [-0.05, 0) is 50.3 Å². The minimum Gasteiger partial charge on any atom is -0.497 e. The number of aryl methyl sites for hydroxylation is 2. The molecule has 7 nitrogen and oxygen atoms in total. The van der Waals surface area contributed by atoms with Gasteiger partial charge in [-0.2, -0.15) is 0 Å². The molecule has 1 aromatic carbocycles. The van der Waals surface area contributed by atoms with Gasteiger partial charge in [-0.15, -0.1) is 0 Å². The van der Waals surface area contributed by atoms with Gasteiger partial charge in [0.25, 0.3) is 5.91 Å². The standard InChI is InChI=1S/C23H30N4O3/c1-16-19(23(29)26(2)3)15-24-22(25-16)20-7-5-6-14-27(20)21(28)13-10-17-8-11-18(30-4)12-9-17/h8-9,11-12,15,20H,5-7,10,13-14H2,1-4H3/t20-/m0/s1. The highest BCUT2D eigenvalue weighted by Gasteiger charge is 2.30. The second-order valence-electron chi connectivity index (χ2n) is 7.87. The van der Waals surface area contributed by atoms with Crippen molar-refractivity contribution < 1.29 is 14.3 Å². The van der Waals surface area contributed by atoms with Gasteiger partial charge in [-0.3, -0.25) is 9.59 Å². The van der Waals surface area contributed by atoms with Crippen molar-refractivity contribution in [3.05, 3.63) is 53.1 Å². The molecule has 0 bridgehead atoms. The minimum atomic E-state index is -0.135. The van der Waals surface area contributed by atoms with Crippen molar-refractivity contribution in [2.75, 3.05) is 27.7 Å². The Morgan fingerprint density at radius 2 is 1.93 bits per heavy atom. The van der Waals surface area contributed by atoms with Crippen LogP contribution in [-0.4, -0.2) is 59.3 Å². The smallest absolute Gasteiger partial charge is 0.256 e. The zero-order chi connectivity index (χ0) is 21.7. The number of hydrogen-bond donors (Lipinski definition) is 0. The maximum absolute atomic E-state index is 13.0. The number of methoxy groups -OCH3 is 1. The summed E-state index contributed by atoms with van der Waals surface area (Å²) in [4.78, 5) is 37.8. The van der Waals surface area contributed by atoms with Gasteiger partial charge < -0.3 is 14.5 Å². The normalized spacial score (nSPS) is 16.3. The third kappa shape index (κ3) is 4.96. The fourth-order valence-electron chi connectivity index (χ4n) is 3.78. The Morgan fingerprint density at radius 3 is 2.57 bits per heavy atom. The van der Waals surface area contributed by atoms with E-state index in [0.29, 0.717) is 36.5 Å². The monoisotopic (exact) mass is 410 g/mol. The lowest BCUT2D eigenvalue weighted by atomic mass is 9.99. The molecule has 1 saturated heterocycles. The lowest BCUT2D eigenvalue weighted by Gasteiger charge is -2.35. The molecule has 0 saturated carbocycles. The Kier molecular flexibility index (Phi) is 7.03. The Balaban J connectivity index is 1.71. The third-order valence-electron chi connectivity index (χ3n) is 5.54. The van der Waals surface area contributed by atoms with Crippen LogP contribution in [0.25, 0.3) is 0 Å². The molecule has 2 heterocycles. The van der Waals surface area contributed by atoms with Gasteiger partial charge >= 0.3 is 0 Å². The molecule has 0 aliphatic carbocycles. The quantitative estimate of drug-likeness (QED) is 0.731. The van der Waals surface area contributed by atoms with Crippen molar-refractivity contribution in [3.63, 3.8) is 0 Å². The highest BCUT2D eigenvalue weighted by molar-refractivity contribution is 5.94. The van der Waals surface area contributed by atoms with Crippen molar-refractivity contribution in [1.29, 1.82) is 0 Å². The number of benzene rings is 1. The molecule has 0 radical (unpaired) electrons. The van der Waals surface area contributed by atoms with Gasteiger partial charge in [0.1, 0.15) is 5.75 Å². The first-order chi connectivity index (χ1) is 14.4. The van der Waals surface area contributed by atoms with E-state index < -0.39 is 0 Å². The van der Waals surface area contributed by atoms with Gasteiger partial charge in [0.05, 0.1) is 24.4 Å². The molecule has 30 heavy (non-hydrogen) atoms. The van der Waals surface area contributed by atoms with Crippen LogP contribution in [0.3, 0.4) is 0 Å². The summed E-state index contributed by atoms with van der Waals surface area (Å²) >= 11 is 0. The van der Waals surface area contributed by atoms with Crippen molar-refractivity contribution >= 4 is 11.8 Å². The summed E-state index contributed by atoms with van der Waals surface area (Å²) in [5.74, 6) is 1.44. The summed E-state index contributed by atoms with van der Waals surface area (Å²) in [7, 11) is 5.06. The van der Waals surface area contributed by atoms with Crippen molar-refractivity contribution in [3.8, 4) is 5.75 Å². The fourth-order valence-corrected chi connectivity index (χ4v) is 3.78. The fraction of sp³-hybridized carbons (Fsp3) is 0.478. The summed E-state index contributed by atoms with van der Waals surface area (Å²) in [6.45, 7) is 2.54. The van der Waals surface area contributed by atoms with Crippen LogP contribution in [0.15, 0.2) is 30.5 Å². The first-order valence-corrected chi connectivity index (χ1v) is 10.4. The largest absolute Gasteiger partial charge is 0.497 e. The van der Waals surface area contributed by atoms with Crippen LogP contribution in [0.2, 0.25) is 0 Å².